The standard InChI is InChI=1S/C17H18F2O4/c1-3-22-10-23-14-9-12(15(16(18)19)17(20)21-2)8-11-6-4-5-7-13(11)14/h4-8,14H,3,9-10H2,1-2H3. The summed E-state index contributed by atoms with van der Waals surface area (Å²) >= 11 is 0. The first-order valence-electron chi connectivity index (χ1n) is 7.21. The van der Waals surface area contributed by atoms with Gasteiger partial charge in [-0.15, -0.1) is 0 Å². The smallest absolute Gasteiger partial charge is 0.343 e. The number of benzene rings is 1. The van der Waals surface area contributed by atoms with Gasteiger partial charge in [0, 0.05) is 13.0 Å². The number of ether oxygens (including phenoxy) is 3. The molecule has 1 aliphatic carbocycles. The predicted molar refractivity (Wildman–Crippen MR) is 80.6 cm³/mol. The minimum Gasteiger partial charge on any atom is -0.465 e. The Balaban J connectivity index is 2.37. The van der Waals surface area contributed by atoms with E-state index in [0.717, 1.165) is 18.2 Å². The summed E-state index contributed by atoms with van der Waals surface area (Å²) < 4.78 is 41.7. The third-order valence-electron chi connectivity index (χ3n) is 3.53. The lowest BCUT2D eigenvalue weighted by Crippen LogP contribution is -2.17. The molecule has 0 N–H and O–H groups in total. The molecule has 4 nitrogen and oxygen atoms in total. The van der Waals surface area contributed by atoms with Crippen molar-refractivity contribution in [3.63, 3.8) is 0 Å². The van der Waals surface area contributed by atoms with Gasteiger partial charge in [0.05, 0.1) is 13.2 Å². The first-order valence-corrected chi connectivity index (χ1v) is 7.21. The highest BCUT2D eigenvalue weighted by molar-refractivity contribution is 5.95. The van der Waals surface area contributed by atoms with E-state index < -0.39 is 23.7 Å². The molecule has 1 atom stereocenters. The Morgan fingerprint density at radius 1 is 1.30 bits per heavy atom. The highest BCUT2D eigenvalue weighted by atomic mass is 19.3. The molecule has 2 rings (SSSR count). The molecule has 6 heteroatoms. The molecule has 0 amide bonds. The number of esters is 1. The van der Waals surface area contributed by atoms with Gasteiger partial charge >= 0.3 is 5.97 Å². The van der Waals surface area contributed by atoms with Crippen LogP contribution in [-0.4, -0.2) is 26.5 Å². The van der Waals surface area contributed by atoms with Crippen molar-refractivity contribution in [1.29, 1.82) is 0 Å². The zero-order chi connectivity index (χ0) is 16.8. The van der Waals surface area contributed by atoms with Crippen LogP contribution in [0.25, 0.3) is 6.08 Å². The van der Waals surface area contributed by atoms with Gasteiger partial charge in [-0.3, -0.25) is 0 Å². The van der Waals surface area contributed by atoms with Crippen molar-refractivity contribution in [1.82, 2.24) is 0 Å². The van der Waals surface area contributed by atoms with Crippen molar-refractivity contribution in [3.05, 3.63) is 52.6 Å². The van der Waals surface area contributed by atoms with Crippen LogP contribution >= 0.6 is 0 Å². The lowest BCUT2D eigenvalue weighted by Gasteiger charge is -2.26. The monoisotopic (exact) mass is 324 g/mol. The highest BCUT2D eigenvalue weighted by Gasteiger charge is 2.29. The van der Waals surface area contributed by atoms with E-state index in [1.807, 2.05) is 19.1 Å². The molecular formula is C17H18F2O4. The van der Waals surface area contributed by atoms with E-state index in [2.05, 4.69) is 4.74 Å². The number of fused-ring (bicyclic) bond motifs is 1. The van der Waals surface area contributed by atoms with Crippen LogP contribution in [0.5, 0.6) is 0 Å². The second kappa shape index (κ2) is 7.99. The van der Waals surface area contributed by atoms with Gasteiger partial charge in [-0.25, -0.2) is 4.79 Å². The van der Waals surface area contributed by atoms with Crippen molar-refractivity contribution in [2.24, 2.45) is 0 Å². The lowest BCUT2D eigenvalue weighted by molar-refractivity contribution is -0.136. The molecule has 0 heterocycles. The predicted octanol–water partition coefficient (Wildman–Crippen LogP) is 3.85. The Morgan fingerprint density at radius 3 is 2.70 bits per heavy atom. The van der Waals surface area contributed by atoms with E-state index in [4.69, 9.17) is 9.47 Å². The normalized spacial score (nSPS) is 16.3. The van der Waals surface area contributed by atoms with Gasteiger partial charge in [0.2, 0.25) is 0 Å². The van der Waals surface area contributed by atoms with Crippen LogP contribution in [0.1, 0.15) is 30.6 Å². The maximum absolute atomic E-state index is 13.2. The first kappa shape index (κ1) is 17.3. The fraction of sp³-hybridized carbons (Fsp3) is 0.353. The van der Waals surface area contributed by atoms with Crippen molar-refractivity contribution in [2.45, 2.75) is 19.4 Å². The summed E-state index contributed by atoms with van der Waals surface area (Å²) in [4.78, 5) is 11.7. The summed E-state index contributed by atoms with van der Waals surface area (Å²) in [6, 6.07) is 7.30. The van der Waals surface area contributed by atoms with E-state index in [0.29, 0.717) is 6.61 Å². The van der Waals surface area contributed by atoms with Gasteiger partial charge in [0.1, 0.15) is 12.4 Å². The number of hydrogen-bond acceptors (Lipinski definition) is 4. The molecule has 23 heavy (non-hydrogen) atoms. The van der Waals surface area contributed by atoms with Crippen molar-refractivity contribution >= 4 is 12.0 Å². The van der Waals surface area contributed by atoms with E-state index in [1.165, 1.54) is 0 Å². The average Bonchev–Trinajstić information content (AvgIpc) is 2.54. The average molecular weight is 324 g/mol. The van der Waals surface area contributed by atoms with Gasteiger partial charge < -0.3 is 14.2 Å². The fourth-order valence-electron chi connectivity index (χ4n) is 2.46. The van der Waals surface area contributed by atoms with Crippen LogP contribution in [0.3, 0.4) is 0 Å². The van der Waals surface area contributed by atoms with Crippen molar-refractivity contribution < 1.29 is 27.8 Å². The van der Waals surface area contributed by atoms with E-state index in [9.17, 15) is 13.6 Å². The molecule has 0 aliphatic heterocycles. The number of rotatable bonds is 6. The molecule has 0 aromatic heterocycles. The minimum absolute atomic E-state index is 0.0537. The van der Waals surface area contributed by atoms with Crippen molar-refractivity contribution in [3.8, 4) is 0 Å². The number of carbonyl (C=O) groups excluding carboxylic acids is 1. The number of methoxy groups -OCH3 is 1. The fourth-order valence-corrected chi connectivity index (χ4v) is 2.46. The Bertz CT molecular complexity index is 633. The summed E-state index contributed by atoms with van der Waals surface area (Å²) in [5.74, 6) is -1.06. The van der Waals surface area contributed by atoms with E-state index in [-0.39, 0.29) is 18.8 Å². The zero-order valence-corrected chi connectivity index (χ0v) is 13.0. The molecule has 1 aromatic rings. The molecule has 0 spiro atoms. The van der Waals surface area contributed by atoms with Crippen LogP contribution in [-0.2, 0) is 19.0 Å². The molecule has 1 unspecified atom stereocenters. The van der Waals surface area contributed by atoms with Crippen LogP contribution in [0, 0.1) is 0 Å². The Morgan fingerprint density at radius 2 is 2.04 bits per heavy atom. The Hall–Kier alpha value is -2.05. The van der Waals surface area contributed by atoms with Crippen LogP contribution in [0.4, 0.5) is 8.78 Å². The van der Waals surface area contributed by atoms with Gasteiger partial charge in [0.15, 0.2) is 0 Å². The van der Waals surface area contributed by atoms with Crippen molar-refractivity contribution in [2.75, 3.05) is 20.5 Å². The molecule has 1 aliphatic rings. The highest BCUT2D eigenvalue weighted by Crippen LogP contribution is 2.38. The van der Waals surface area contributed by atoms with E-state index in [1.54, 1.807) is 18.2 Å². The van der Waals surface area contributed by atoms with Crippen LogP contribution in [0.2, 0.25) is 0 Å². The van der Waals surface area contributed by atoms with Crippen LogP contribution < -0.4 is 0 Å². The Kier molecular flexibility index (Phi) is 6.01. The number of halogens is 2. The molecule has 0 bridgehead atoms. The number of carbonyl (C=O) groups is 1. The van der Waals surface area contributed by atoms with Gasteiger partial charge in [-0.05, 0) is 23.6 Å². The van der Waals surface area contributed by atoms with Gasteiger partial charge in [-0.2, -0.15) is 8.78 Å². The zero-order valence-electron chi connectivity index (χ0n) is 13.0. The van der Waals surface area contributed by atoms with Gasteiger partial charge in [0.25, 0.3) is 6.08 Å². The topological polar surface area (TPSA) is 44.8 Å². The molecule has 0 fully saturated rings. The Labute approximate surface area is 133 Å². The lowest BCUT2D eigenvalue weighted by atomic mass is 9.86. The molecule has 124 valence electrons. The molecule has 0 saturated heterocycles. The third-order valence-corrected chi connectivity index (χ3v) is 3.53. The van der Waals surface area contributed by atoms with Gasteiger partial charge in [-0.1, -0.05) is 30.3 Å². The second-order valence-corrected chi connectivity index (χ2v) is 4.90. The SMILES string of the molecule is CCOCOC1CC(C(C(=O)OC)=C(F)F)=Cc2ccccc21. The molecule has 0 radical (unpaired) electrons. The number of hydrogen-bond donors (Lipinski definition) is 0. The first-order chi connectivity index (χ1) is 11.1. The second-order valence-electron chi connectivity index (χ2n) is 4.90. The van der Waals surface area contributed by atoms with Crippen LogP contribution in [0.15, 0.2) is 41.5 Å². The molecule has 0 saturated carbocycles. The third kappa shape index (κ3) is 4.03. The van der Waals surface area contributed by atoms with E-state index >= 15 is 0 Å². The maximum atomic E-state index is 13.2. The summed E-state index contributed by atoms with van der Waals surface area (Å²) in [6.45, 7) is 2.38. The minimum atomic E-state index is -2.06. The quantitative estimate of drug-likeness (QED) is 0.345. The summed E-state index contributed by atoms with van der Waals surface area (Å²) in [5, 5.41) is 0. The molecular weight excluding hydrogens is 306 g/mol. The maximum Gasteiger partial charge on any atom is 0.343 e. The largest absolute Gasteiger partial charge is 0.465 e. The summed E-state index contributed by atoms with van der Waals surface area (Å²) in [5.41, 5.74) is 1.10. The summed E-state index contributed by atoms with van der Waals surface area (Å²) in [7, 11) is 1.08. The summed E-state index contributed by atoms with van der Waals surface area (Å²) in [6.07, 6.45) is -0.810. The molecule has 1 aromatic carbocycles.